The number of hydrogen-bond acceptors (Lipinski definition) is 6. The summed E-state index contributed by atoms with van der Waals surface area (Å²) < 4.78 is 16.1. The summed E-state index contributed by atoms with van der Waals surface area (Å²) in [5.41, 5.74) is 0. The van der Waals surface area contributed by atoms with Gasteiger partial charge in [-0.05, 0) is 33.1 Å². The van der Waals surface area contributed by atoms with Crippen molar-refractivity contribution in [2.45, 2.75) is 122 Å². The molecular formula is C23H46O6. The standard InChI is InChI=1S/C23H46O6/c1-5-8-9-13-16-19(28-6-2)22(25)23(26)20(29-7-3)17-14-11-10-12-15-18-21(24)27-4/h19-20,22-23,25-26H,5-18H2,1-4H3. The third-order valence-electron chi connectivity index (χ3n) is 5.31. The Morgan fingerprint density at radius 2 is 1.17 bits per heavy atom. The molecule has 0 heterocycles. The van der Waals surface area contributed by atoms with E-state index in [0.717, 1.165) is 51.4 Å². The molecule has 0 aliphatic carbocycles. The van der Waals surface area contributed by atoms with Crippen LogP contribution in [0, 0.1) is 0 Å². The van der Waals surface area contributed by atoms with E-state index in [1.807, 2.05) is 13.8 Å². The molecule has 4 unspecified atom stereocenters. The van der Waals surface area contributed by atoms with Crippen molar-refractivity contribution in [3.05, 3.63) is 0 Å². The maximum Gasteiger partial charge on any atom is 0.305 e. The summed E-state index contributed by atoms with van der Waals surface area (Å²) >= 11 is 0. The molecule has 174 valence electrons. The van der Waals surface area contributed by atoms with Gasteiger partial charge in [-0.1, -0.05) is 58.3 Å². The van der Waals surface area contributed by atoms with Crippen LogP contribution in [0.25, 0.3) is 0 Å². The van der Waals surface area contributed by atoms with Crippen molar-refractivity contribution in [2.24, 2.45) is 0 Å². The Hall–Kier alpha value is -0.690. The molecule has 6 nitrogen and oxygen atoms in total. The van der Waals surface area contributed by atoms with E-state index in [1.54, 1.807) is 0 Å². The zero-order chi connectivity index (χ0) is 21.9. The molecule has 0 saturated carbocycles. The summed E-state index contributed by atoms with van der Waals surface area (Å²) in [5, 5.41) is 21.4. The summed E-state index contributed by atoms with van der Waals surface area (Å²) in [7, 11) is 1.41. The summed E-state index contributed by atoms with van der Waals surface area (Å²) in [6.45, 7) is 7.02. The third kappa shape index (κ3) is 14.0. The van der Waals surface area contributed by atoms with Gasteiger partial charge in [-0.25, -0.2) is 0 Å². The van der Waals surface area contributed by atoms with E-state index in [2.05, 4.69) is 11.7 Å². The number of carbonyl (C=O) groups excluding carboxylic acids is 1. The summed E-state index contributed by atoms with van der Waals surface area (Å²) in [6, 6.07) is 0. The highest BCUT2D eigenvalue weighted by Crippen LogP contribution is 2.20. The lowest BCUT2D eigenvalue weighted by Gasteiger charge is -2.31. The second-order valence-electron chi connectivity index (χ2n) is 7.70. The van der Waals surface area contributed by atoms with Crippen LogP contribution in [-0.4, -0.2) is 60.9 Å². The SMILES string of the molecule is CCCCCCC(OCC)C(O)C(O)C(CCCCCCCC(=O)OC)OCC. The van der Waals surface area contributed by atoms with Crippen LogP contribution in [0.4, 0.5) is 0 Å². The van der Waals surface area contributed by atoms with Crippen LogP contribution in [-0.2, 0) is 19.0 Å². The predicted octanol–water partition coefficient (Wildman–Crippen LogP) is 4.39. The first-order chi connectivity index (χ1) is 14.0. The zero-order valence-corrected chi connectivity index (χ0v) is 19.2. The fourth-order valence-corrected chi connectivity index (χ4v) is 3.59. The number of esters is 1. The number of aliphatic hydroxyl groups is 2. The Labute approximate surface area is 178 Å². The van der Waals surface area contributed by atoms with Crippen molar-refractivity contribution in [1.82, 2.24) is 0 Å². The van der Waals surface area contributed by atoms with Gasteiger partial charge in [-0.3, -0.25) is 4.79 Å². The highest BCUT2D eigenvalue weighted by Gasteiger charge is 2.32. The minimum atomic E-state index is -0.947. The summed E-state index contributed by atoms with van der Waals surface area (Å²) in [5.74, 6) is -0.155. The average Bonchev–Trinajstić information content (AvgIpc) is 2.73. The van der Waals surface area contributed by atoms with E-state index >= 15 is 0 Å². The monoisotopic (exact) mass is 418 g/mol. The molecule has 0 aromatic carbocycles. The smallest absolute Gasteiger partial charge is 0.305 e. The Bertz CT molecular complexity index is 376. The van der Waals surface area contributed by atoms with Gasteiger partial charge in [0, 0.05) is 19.6 Å². The van der Waals surface area contributed by atoms with Crippen molar-refractivity contribution < 1.29 is 29.2 Å². The molecule has 0 rings (SSSR count). The van der Waals surface area contributed by atoms with Gasteiger partial charge in [-0.15, -0.1) is 0 Å². The molecule has 2 N–H and O–H groups in total. The lowest BCUT2D eigenvalue weighted by molar-refractivity contribution is -0.140. The molecule has 0 aliphatic rings. The van der Waals surface area contributed by atoms with Crippen LogP contribution >= 0.6 is 0 Å². The van der Waals surface area contributed by atoms with E-state index in [1.165, 1.54) is 20.0 Å². The van der Waals surface area contributed by atoms with Gasteiger partial charge >= 0.3 is 5.97 Å². The van der Waals surface area contributed by atoms with Gasteiger partial charge in [0.2, 0.25) is 0 Å². The third-order valence-corrected chi connectivity index (χ3v) is 5.31. The Balaban J connectivity index is 4.37. The van der Waals surface area contributed by atoms with E-state index in [4.69, 9.17) is 9.47 Å². The van der Waals surface area contributed by atoms with Crippen molar-refractivity contribution >= 4 is 5.97 Å². The van der Waals surface area contributed by atoms with Gasteiger partial charge in [-0.2, -0.15) is 0 Å². The van der Waals surface area contributed by atoms with Crippen molar-refractivity contribution in [3.8, 4) is 0 Å². The molecule has 0 spiro atoms. The summed E-state index contributed by atoms with van der Waals surface area (Å²) in [4.78, 5) is 11.1. The van der Waals surface area contributed by atoms with Crippen LogP contribution in [0.15, 0.2) is 0 Å². The Morgan fingerprint density at radius 3 is 1.62 bits per heavy atom. The van der Waals surface area contributed by atoms with E-state index in [9.17, 15) is 15.0 Å². The highest BCUT2D eigenvalue weighted by atomic mass is 16.5. The average molecular weight is 419 g/mol. The number of unbranched alkanes of at least 4 members (excludes halogenated alkanes) is 7. The van der Waals surface area contributed by atoms with Gasteiger partial charge in [0.1, 0.15) is 12.2 Å². The van der Waals surface area contributed by atoms with Crippen LogP contribution in [0.3, 0.4) is 0 Å². The summed E-state index contributed by atoms with van der Waals surface area (Å²) in [6.07, 6.45) is 8.57. The number of ether oxygens (including phenoxy) is 3. The number of hydrogen-bond donors (Lipinski definition) is 2. The molecule has 4 atom stereocenters. The van der Waals surface area contributed by atoms with Gasteiger partial charge in [0.05, 0.1) is 19.3 Å². The lowest BCUT2D eigenvalue weighted by Crippen LogP contribution is -2.46. The van der Waals surface area contributed by atoms with E-state index in [-0.39, 0.29) is 18.2 Å². The minimum absolute atomic E-state index is 0.155. The number of rotatable bonds is 20. The Kier molecular flexibility index (Phi) is 18.8. The van der Waals surface area contributed by atoms with Gasteiger partial charge in [0.15, 0.2) is 0 Å². The second-order valence-corrected chi connectivity index (χ2v) is 7.70. The first-order valence-electron chi connectivity index (χ1n) is 11.7. The number of aliphatic hydroxyl groups excluding tert-OH is 2. The fraction of sp³-hybridized carbons (Fsp3) is 0.957. The minimum Gasteiger partial charge on any atom is -0.469 e. The van der Waals surface area contributed by atoms with Crippen LogP contribution in [0.5, 0.6) is 0 Å². The quantitative estimate of drug-likeness (QED) is 0.225. The molecule has 0 bridgehead atoms. The molecular weight excluding hydrogens is 372 g/mol. The molecule has 29 heavy (non-hydrogen) atoms. The molecule has 0 saturated heterocycles. The van der Waals surface area contributed by atoms with E-state index in [0.29, 0.717) is 26.1 Å². The van der Waals surface area contributed by atoms with Crippen LogP contribution in [0.1, 0.15) is 97.8 Å². The molecule has 0 aliphatic heterocycles. The van der Waals surface area contributed by atoms with Crippen molar-refractivity contribution in [1.29, 1.82) is 0 Å². The maximum absolute atomic E-state index is 11.1. The topological polar surface area (TPSA) is 85.2 Å². The molecule has 0 amide bonds. The first-order valence-corrected chi connectivity index (χ1v) is 11.7. The van der Waals surface area contributed by atoms with Crippen molar-refractivity contribution in [2.75, 3.05) is 20.3 Å². The fourth-order valence-electron chi connectivity index (χ4n) is 3.59. The molecule has 0 aromatic heterocycles. The normalized spacial score (nSPS) is 15.7. The van der Waals surface area contributed by atoms with Gasteiger partial charge < -0.3 is 24.4 Å². The van der Waals surface area contributed by atoms with Crippen LogP contribution in [0.2, 0.25) is 0 Å². The van der Waals surface area contributed by atoms with Crippen molar-refractivity contribution in [3.63, 3.8) is 0 Å². The molecule has 6 heteroatoms. The zero-order valence-electron chi connectivity index (χ0n) is 19.2. The lowest BCUT2D eigenvalue weighted by atomic mass is 9.95. The highest BCUT2D eigenvalue weighted by molar-refractivity contribution is 5.68. The van der Waals surface area contributed by atoms with Crippen LogP contribution < -0.4 is 0 Å². The van der Waals surface area contributed by atoms with Gasteiger partial charge in [0.25, 0.3) is 0 Å². The largest absolute Gasteiger partial charge is 0.469 e. The second kappa shape index (κ2) is 19.3. The molecule has 0 fully saturated rings. The number of carbonyl (C=O) groups is 1. The Morgan fingerprint density at radius 1 is 0.724 bits per heavy atom. The predicted molar refractivity (Wildman–Crippen MR) is 116 cm³/mol. The molecule has 0 radical (unpaired) electrons. The molecule has 0 aromatic rings. The number of methoxy groups -OCH3 is 1. The van der Waals surface area contributed by atoms with E-state index < -0.39 is 12.2 Å². The first kappa shape index (κ1) is 28.3. The maximum atomic E-state index is 11.1.